The van der Waals surface area contributed by atoms with Crippen molar-refractivity contribution >= 4 is 17.6 Å². The maximum Gasteiger partial charge on any atom is 0.339 e. The van der Waals surface area contributed by atoms with E-state index in [9.17, 15) is 4.79 Å². The monoisotopic (exact) mass is 286 g/mol. The van der Waals surface area contributed by atoms with Gasteiger partial charge in [-0.05, 0) is 24.8 Å². The Labute approximate surface area is 116 Å². The summed E-state index contributed by atoms with van der Waals surface area (Å²) >= 11 is 5.83. The van der Waals surface area contributed by atoms with Gasteiger partial charge in [-0.3, -0.25) is 0 Å². The lowest BCUT2D eigenvalue weighted by molar-refractivity contribution is 0.00785. The van der Waals surface area contributed by atoms with Crippen LogP contribution in [0.1, 0.15) is 23.2 Å². The molecule has 0 unspecified atom stereocenters. The highest BCUT2D eigenvalue weighted by Crippen LogP contribution is 2.35. The molecule has 104 valence electrons. The number of aromatic carboxylic acids is 1. The summed E-state index contributed by atoms with van der Waals surface area (Å²) < 4.78 is 15.8. The third-order valence-corrected chi connectivity index (χ3v) is 3.03. The van der Waals surface area contributed by atoms with Gasteiger partial charge in [-0.15, -0.1) is 0 Å². The summed E-state index contributed by atoms with van der Waals surface area (Å²) in [5.74, 6) is -0.0947. The molecule has 5 nitrogen and oxygen atoms in total. The second-order valence-corrected chi connectivity index (χ2v) is 4.80. The van der Waals surface area contributed by atoms with Crippen molar-refractivity contribution in [1.29, 1.82) is 0 Å². The molecule has 0 aromatic heterocycles. The molecule has 1 aromatic carbocycles. The van der Waals surface area contributed by atoms with Gasteiger partial charge in [-0.25, -0.2) is 4.79 Å². The first-order valence-corrected chi connectivity index (χ1v) is 6.31. The number of carboxylic acids is 1. The van der Waals surface area contributed by atoms with Crippen LogP contribution in [0.5, 0.6) is 11.5 Å². The number of halogens is 1. The Bertz CT molecular complexity index is 470. The number of hydrogen-bond donors (Lipinski definition) is 1. The average Bonchev–Trinajstić information content (AvgIpc) is 3.18. The molecule has 0 aliphatic heterocycles. The van der Waals surface area contributed by atoms with Crippen molar-refractivity contribution in [3.8, 4) is 11.5 Å². The zero-order valence-corrected chi connectivity index (χ0v) is 11.3. The van der Waals surface area contributed by atoms with Crippen molar-refractivity contribution in [2.24, 2.45) is 5.92 Å². The van der Waals surface area contributed by atoms with Crippen molar-refractivity contribution in [1.82, 2.24) is 0 Å². The number of methoxy groups -OCH3 is 1. The summed E-state index contributed by atoms with van der Waals surface area (Å²) in [6.07, 6.45) is 2.37. The second kappa shape index (κ2) is 6.12. The Hall–Kier alpha value is -1.46. The van der Waals surface area contributed by atoms with Crippen LogP contribution in [-0.2, 0) is 4.74 Å². The van der Waals surface area contributed by atoms with Gasteiger partial charge in [0.05, 0.1) is 13.7 Å². The summed E-state index contributed by atoms with van der Waals surface area (Å²) in [7, 11) is 1.43. The number of carbonyl (C=O) groups is 1. The standard InChI is InChI=1S/C13H15ClO5/c1-17-11-5-9(14)4-10(13(15)16)12(11)19-7-18-6-8-2-3-8/h4-5,8H,2-3,6-7H2,1H3,(H,15,16). The van der Waals surface area contributed by atoms with Crippen molar-refractivity contribution < 1.29 is 24.1 Å². The van der Waals surface area contributed by atoms with E-state index in [2.05, 4.69) is 0 Å². The van der Waals surface area contributed by atoms with Crippen LogP contribution >= 0.6 is 11.6 Å². The van der Waals surface area contributed by atoms with E-state index in [4.69, 9.17) is 30.9 Å². The van der Waals surface area contributed by atoms with E-state index in [1.165, 1.54) is 32.1 Å². The first-order valence-electron chi connectivity index (χ1n) is 5.93. The predicted octanol–water partition coefficient (Wildman–Crippen LogP) is 2.81. The summed E-state index contributed by atoms with van der Waals surface area (Å²) in [6, 6.07) is 2.83. The molecule has 0 spiro atoms. The maximum absolute atomic E-state index is 11.2. The fraction of sp³-hybridized carbons (Fsp3) is 0.462. The summed E-state index contributed by atoms with van der Waals surface area (Å²) in [6.45, 7) is 0.632. The van der Waals surface area contributed by atoms with E-state index in [1.807, 2.05) is 0 Å². The number of rotatable bonds is 7. The van der Waals surface area contributed by atoms with Gasteiger partial charge in [-0.2, -0.15) is 0 Å². The molecule has 2 rings (SSSR count). The Balaban J connectivity index is 2.08. The molecule has 0 heterocycles. The molecule has 1 aliphatic carbocycles. The predicted molar refractivity (Wildman–Crippen MR) is 69.1 cm³/mol. The van der Waals surface area contributed by atoms with Gasteiger partial charge >= 0.3 is 5.97 Å². The van der Waals surface area contributed by atoms with Gasteiger partial charge in [0, 0.05) is 11.1 Å². The van der Waals surface area contributed by atoms with Crippen LogP contribution in [0.2, 0.25) is 5.02 Å². The molecule has 1 saturated carbocycles. The van der Waals surface area contributed by atoms with Gasteiger partial charge in [0.25, 0.3) is 0 Å². The Morgan fingerprint density at radius 1 is 1.47 bits per heavy atom. The SMILES string of the molecule is COc1cc(Cl)cc(C(=O)O)c1OCOCC1CC1. The third-order valence-electron chi connectivity index (χ3n) is 2.81. The highest BCUT2D eigenvalue weighted by molar-refractivity contribution is 6.31. The molecular formula is C13H15ClO5. The van der Waals surface area contributed by atoms with Crippen LogP contribution in [0.25, 0.3) is 0 Å². The largest absolute Gasteiger partial charge is 0.493 e. The summed E-state index contributed by atoms with van der Waals surface area (Å²) in [5.41, 5.74) is -0.0422. The molecule has 1 N–H and O–H groups in total. The summed E-state index contributed by atoms with van der Waals surface area (Å²) in [5, 5.41) is 9.41. The molecule has 0 atom stereocenters. The van der Waals surface area contributed by atoms with E-state index in [1.54, 1.807) is 0 Å². The van der Waals surface area contributed by atoms with Crippen LogP contribution < -0.4 is 9.47 Å². The minimum Gasteiger partial charge on any atom is -0.493 e. The molecule has 1 aromatic rings. The van der Waals surface area contributed by atoms with E-state index in [-0.39, 0.29) is 28.9 Å². The van der Waals surface area contributed by atoms with Crippen LogP contribution in [0.4, 0.5) is 0 Å². The van der Waals surface area contributed by atoms with E-state index < -0.39 is 5.97 Å². The smallest absolute Gasteiger partial charge is 0.339 e. The van der Waals surface area contributed by atoms with Gasteiger partial charge in [0.1, 0.15) is 5.56 Å². The van der Waals surface area contributed by atoms with Gasteiger partial charge in [-0.1, -0.05) is 11.6 Å². The molecule has 0 radical (unpaired) electrons. The number of ether oxygens (including phenoxy) is 3. The Kier molecular flexibility index (Phi) is 4.50. The lowest BCUT2D eigenvalue weighted by atomic mass is 10.2. The normalized spacial score (nSPS) is 14.2. The van der Waals surface area contributed by atoms with Crippen molar-refractivity contribution in [3.63, 3.8) is 0 Å². The molecule has 0 saturated heterocycles. The average molecular weight is 287 g/mol. The van der Waals surface area contributed by atoms with Gasteiger partial charge < -0.3 is 19.3 Å². The van der Waals surface area contributed by atoms with Crippen LogP contribution in [-0.4, -0.2) is 31.6 Å². The second-order valence-electron chi connectivity index (χ2n) is 4.37. The van der Waals surface area contributed by atoms with E-state index in [0.29, 0.717) is 12.5 Å². The lowest BCUT2D eigenvalue weighted by Crippen LogP contribution is -2.09. The first-order chi connectivity index (χ1) is 9.11. The quantitative estimate of drug-likeness (QED) is 0.617. The molecule has 19 heavy (non-hydrogen) atoms. The zero-order valence-electron chi connectivity index (χ0n) is 10.5. The minimum absolute atomic E-state index is 0.00519. The van der Waals surface area contributed by atoms with Crippen molar-refractivity contribution in [2.75, 3.05) is 20.5 Å². The van der Waals surface area contributed by atoms with E-state index in [0.717, 1.165) is 0 Å². The lowest BCUT2D eigenvalue weighted by Gasteiger charge is -2.13. The summed E-state index contributed by atoms with van der Waals surface area (Å²) in [4.78, 5) is 11.2. The highest BCUT2D eigenvalue weighted by Gasteiger charge is 2.22. The molecule has 1 fully saturated rings. The number of carboxylic acid groups (broad SMARTS) is 1. The Morgan fingerprint density at radius 3 is 2.79 bits per heavy atom. The minimum atomic E-state index is -1.13. The molecular weight excluding hydrogens is 272 g/mol. The van der Waals surface area contributed by atoms with E-state index >= 15 is 0 Å². The number of benzene rings is 1. The maximum atomic E-state index is 11.2. The zero-order chi connectivity index (χ0) is 13.8. The molecule has 0 amide bonds. The Morgan fingerprint density at radius 2 is 2.21 bits per heavy atom. The van der Waals surface area contributed by atoms with Crippen molar-refractivity contribution in [3.05, 3.63) is 22.7 Å². The number of hydrogen-bond acceptors (Lipinski definition) is 4. The van der Waals surface area contributed by atoms with Crippen LogP contribution in [0.15, 0.2) is 12.1 Å². The van der Waals surface area contributed by atoms with Gasteiger partial charge in [0.15, 0.2) is 18.3 Å². The highest BCUT2D eigenvalue weighted by atomic mass is 35.5. The van der Waals surface area contributed by atoms with Crippen LogP contribution in [0.3, 0.4) is 0 Å². The fourth-order valence-corrected chi connectivity index (χ4v) is 1.84. The third kappa shape index (κ3) is 3.75. The van der Waals surface area contributed by atoms with Crippen molar-refractivity contribution in [2.45, 2.75) is 12.8 Å². The molecule has 6 heteroatoms. The topological polar surface area (TPSA) is 65.0 Å². The molecule has 0 bridgehead atoms. The van der Waals surface area contributed by atoms with Crippen LogP contribution in [0, 0.1) is 5.92 Å². The van der Waals surface area contributed by atoms with Gasteiger partial charge in [0.2, 0.25) is 0 Å². The molecule has 1 aliphatic rings. The fourth-order valence-electron chi connectivity index (χ4n) is 1.63. The first kappa shape index (κ1) is 14.0.